The lowest BCUT2D eigenvalue weighted by molar-refractivity contribution is -0.155. The zero-order valence-electron chi connectivity index (χ0n) is 22.4. The lowest BCUT2D eigenvalue weighted by Crippen LogP contribution is -2.48. The van der Waals surface area contributed by atoms with Crippen molar-refractivity contribution in [1.82, 2.24) is 14.8 Å². The van der Waals surface area contributed by atoms with E-state index in [1.54, 1.807) is 30.5 Å². The minimum absolute atomic E-state index is 0.0794. The highest BCUT2D eigenvalue weighted by Crippen LogP contribution is 2.49. The van der Waals surface area contributed by atoms with Crippen molar-refractivity contribution in [2.75, 3.05) is 23.7 Å². The zero-order valence-corrected chi connectivity index (χ0v) is 22.4. The molecule has 3 heterocycles. The molecule has 1 unspecified atom stereocenters. The fraction of sp³-hybridized carbons (Fsp3) is 0.300. The Morgan fingerprint density at radius 1 is 1.00 bits per heavy atom. The fourth-order valence-electron chi connectivity index (χ4n) is 7.05. The van der Waals surface area contributed by atoms with Crippen LogP contribution in [0, 0.1) is 5.82 Å². The third-order valence-electron chi connectivity index (χ3n) is 8.90. The first-order valence-electron chi connectivity index (χ1n) is 13.6. The molecule has 0 radical (unpaired) electrons. The molecular weight excluding hydrogens is 570 g/mol. The van der Waals surface area contributed by atoms with Crippen LogP contribution in [0.25, 0.3) is 0 Å². The van der Waals surface area contributed by atoms with Gasteiger partial charge in [-0.15, -0.1) is 0 Å². The van der Waals surface area contributed by atoms with Crippen LogP contribution in [0.5, 0.6) is 0 Å². The SMILES string of the molecule is O=C(CN1C(=O)N(CC(F)(F)F)C(=O)C12CCc1ccc(F)cc12)Nc1ccc2c(c1)C[C@@]1(C2)C(=O)Nc2ncccc21. The van der Waals surface area contributed by atoms with Crippen molar-refractivity contribution in [1.29, 1.82) is 0 Å². The molecule has 1 saturated heterocycles. The van der Waals surface area contributed by atoms with E-state index in [2.05, 4.69) is 15.6 Å². The van der Waals surface area contributed by atoms with Crippen LogP contribution in [0.2, 0.25) is 0 Å². The van der Waals surface area contributed by atoms with Gasteiger partial charge in [-0.3, -0.25) is 24.2 Å². The monoisotopic (exact) mass is 593 g/mol. The maximum absolute atomic E-state index is 14.3. The third-order valence-corrected chi connectivity index (χ3v) is 8.90. The number of nitrogens with one attached hydrogen (secondary N) is 2. The molecule has 7 rings (SSSR count). The minimum Gasteiger partial charge on any atom is -0.325 e. The van der Waals surface area contributed by atoms with E-state index >= 15 is 0 Å². The predicted octanol–water partition coefficient (Wildman–Crippen LogP) is 3.82. The Labute approximate surface area is 241 Å². The first-order chi connectivity index (χ1) is 20.4. The Hall–Kier alpha value is -4.81. The molecule has 2 aliphatic heterocycles. The molecule has 2 aliphatic carbocycles. The van der Waals surface area contributed by atoms with Crippen LogP contribution in [-0.4, -0.2) is 57.8 Å². The Morgan fingerprint density at radius 2 is 1.77 bits per heavy atom. The smallest absolute Gasteiger partial charge is 0.325 e. The lowest BCUT2D eigenvalue weighted by atomic mass is 9.79. The zero-order chi connectivity index (χ0) is 30.3. The van der Waals surface area contributed by atoms with Gasteiger partial charge in [0.1, 0.15) is 24.7 Å². The molecule has 9 nitrogen and oxygen atoms in total. The highest BCUT2D eigenvalue weighted by atomic mass is 19.4. The summed E-state index contributed by atoms with van der Waals surface area (Å²) < 4.78 is 54.4. The molecule has 220 valence electrons. The van der Waals surface area contributed by atoms with Crippen LogP contribution in [0.3, 0.4) is 0 Å². The van der Waals surface area contributed by atoms with Gasteiger partial charge in [0.2, 0.25) is 11.8 Å². The number of carbonyl (C=O) groups is 4. The van der Waals surface area contributed by atoms with E-state index in [0.717, 1.165) is 27.7 Å². The molecule has 2 aromatic carbocycles. The molecule has 0 saturated carbocycles. The van der Waals surface area contributed by atoms with Gasteiger partial charge < -0.3 is 10.6 Å². The van der Waals surface area contributed by atoms with Gasteiger partial charge in [0.05, 0.1) is 5.41 Å². The van der Waals surface area contributed by atoms with Crippen LogP contribution in [0.4, 0.5) is 33.9 Å². The number of aromatic nitrogens is 1. The van der Waals surface area contributed by atoms with Gasteiger partial charge in [0.25, 0.3) is 5.91 Å². The van der Waals surface area contributed by atoms with Crippen molar-refractivity contribution in [3.63, 3.8) is 0 Å². The summed E-state index contributed by atoms with van der Waals surface area (Å²) in [6.45, 7) is -2.56. The average molecular weight is 594 g/mol. The second-order valence-corrected chi connectivity index (χ2v) is 11.4. The average Bonchev–Trinajstić information content (AvgIpc) is 3.64. The second kappa shape index (κ2) is 9.09. The molecule has 2 atom stereocenters. The highest BCUT2D eigenvalue weighted by Gasteiger charge is 2.62. The number of rotatable bonds is 4. The van der Waals surface area contributed by atoms with Crippen molar-refractivity contribution in [2.45, 2.75) is 42.8 Å². The van der Waals surface area contributed by atoms with Crippen molar-refractivity contribution in [2.24, 2.45) is 0 Å². The van der Waals surface area contributed by atoms with Crippen LogP contribution < -0.4 is 10.6 Å². The number of hydrogen-bond acceptors (Lipinski definition) is 5. The van der Waals surface area contributed by atoms with Crippen LogP contribution in [0.15, 0.2) is 54.7 Å². The number of halogens is 4. The maximum Gasteiger partial charge on any atom is 0.406 e. The number of nitrogens with zero attached hydrogens (tertiary/aromatic N) is 3. The summed E-state index contributed by atoms with van der Waals surface area (Å²) in [6.07, 6.45) is -2.34. The van der Waals surface area contributed by atoms with E-state index in [4.69, 9.17) is 0 Å². The number of amides is 5. The quantitative estimate of drug-likeness (QED) is 0.353. The fourth-order valence-corrected chi connectivity index (χ4v) is 7.05. The van der Waals surface area contributed by atoms with Gasteiger partial charge in [-0.1, -0.05) is 18.2 Å². The number of pyridine rings is 1. The van der Waals surface area contributed by atoms with E-state index in [1.807, 2.05) is 6.07 Å². The van der Waals surface area contributed by atoms with Gasteiger partial charge in [-0.25, -0.2) is 14.2 Å². The summed E-state index contributed by atoms with van der Waals surface area (Å²) in [5.41, 5.74) is 0.720. The molecule has 2 N–H and O–H groups in total. The van der Waals surface area contributed by atoms with Crippen LogP contribution >= 0.6 is 0 Å². The van der Waals surface area contributed by atoms with Crippen LogP contribution in [-0.2, 0) is 44.6 Å². The Bertz CT molecular complexity index is 1760. The van der Waals surface area contributed by atoms with Gasteiger partial charge in [0, 0.05) is 17.4 Å². The normalized spacial score (nSPS) is 23.7. The largest absolute Gasteiger partial charge is 0.406 e. The van der Waals surface area contributed by atoms with E-state index in [1.165, 1.54) is 12.1 Å². The molecule has 0 bridgehead atoms. The number of urea groups is 1. The van der Waals surface area contributed by atoms with Gasteiger partial charge in [-0.2, -0.15) is 13.2 Å². The van der Waals surface area contributed by atoms with E-state index in [9.17, 15) is 36.7 Å². The molecule has 4 aliphatic rings. The molecule has 1 aromatic heterocycles. The van der Waals surface area contributed by atoms with Crippen LogP contribution in [0.1, 0.15) is 34.2 Å². The van der Waals surface area contributed by atoms with E-state index in [-0.39, 0.29) is 29.2 Å². The summed E-state index contributed by atoms with van der Waals surface area (Å²) in [4.78, 5) is 58.2. The Morgan fingerprint density at radius 3 is 2.56 bits per heavy atom. The number of benzene rings is 2. The number of carbonyl (C=O) groups excluding carboxylic acids is 4. The molecular formula is C30H23F4N5O4. The molecule has 1 fully saturated rings. The number of alkyl halides is 3. The standard InChI is InChI=1S/C30H23F4N5O4/c31-19-5-3-16-7-8-29(22(16)11-19)26(42)38(15-30(32,33)34)27(43)39(29)14-23(40)36-20-6-4-17-12-28(13-18(17)10-20)21-2-1-9-35-24(21)37-25(28)41/h1-6,9-11H,7-8,12-15H2,(H,36,40)(H,35,37,41)/t28-,29?/m1/s1. The maximum atomic E-state index is 14.3. The highest BCUT2D eigenvalue weighted by molar-refractivity contribution is 6.10. The minimum atomic E-state index is -4.87. The van der Waals surface area contributed by atoms with Crippen molar-refractivity contribution in [3.8, 4) is 0 Å². The Balaban J connectivity index is 1.16. The van der Waals surface area contributed by atoms with E-state index in [0.29, 0.717) is 29.9 Å². The van der Waals surface area contributed by atoms with Gasteiger partial charge in [-0.05, 0) is 78.3 Å². The van der Waals surface area contributed by atoms with Crippen molar-refractivity contribution in [3.05, 3.63) is 88.4 Å². The van der Waals surface area contributed by atoms with Gasteiger partial charge >= 0.3 is 12.2 Å². The Kier molecular flexibility index (Phi) is 5.72. The lowest BCUT2D eigenvalue weighted by Gasteiger charge is -2.32. The first-order valence-corrected chi connectivity index (χ1v) is 13.6. The summed E-state index contributed by atoms with van der Waals surface area (Å²) in [6, 6.07) is 11.1. The summed E-state index contributed by atoms with van der Waals surface area (Å²) in [5.74, 6) is -2.26. The van der Waals surface area contributed by atoms with Gasteiger partial charge in [0.15, 0.2) is 5.54 Å². The van der Waals surface area contributed by atoms with Crippen molar-refractivity contribution < 1.29 is 36.7 Å². The van der Waals surface area contributed by atoms with Crippen molar-refractivity contribution >= 4 is 35.3 Å². The first kappa shape index (κ1) is 27.0. The molecule has 2 spiro atoms. The summed E-state index contributed by atoms with van der Waals surface area (Å²) in [5, 5.41) is 5.51. The molecule has 5 amide bonds. The topological polar surface area (TPSA) is 112 Å². The number of hydrogen-bond donors (Lipinski definition) is 2. The second-order valence-electron chi connectivity index (χ2n) is 11.4. The molecule has 13 heteroatoms. The summed E-state index contributed by atoms with van der Waals surface area (Å²) >= 11 is 0. The molecule has 3 aromatic rings. The van der Waals surface area contributed by atoms with E-state index < -0.39 is 53.9 Å². The number of imide groups is 1. The third kappa shape index (κ3) is 4.01. The number of fused-ring (bicyclic) bond motifs is 5. The number of anilines is 2. The number of aryl methyl sites for hydroxylation is 1. The molecule has 43 heavy (non-hydrogen) atoms. The predicted molar refractivity (Wildman–Crippen MR) is 143 cm³/mol. The summed E-state index contributed by atoms with van der Waals surface area (Å²) in [7, 11) is 0.